The topological polar surface area (TPSA) is 53.5 Å². The third kappa shape index (κ3) is 7.24. The molecule has 0 spiro atoms. The zero-order chi connectivity index (χ0) is 13.9. The summed E-state index contributed by atoms with van der Waals surface area (Å²) in [6.45, 7) is 4.13. The first kappa shape index (κ1) is 15.2. The van der Waals surface area contributed by atoms with E-state index in [1.54, 1.807) is 0 Å². The molecule has 4 heteroatoms. The first-order valence-electron chi connectivity index (χ1n) is 6.87. The van der Waals surface area contributed by atoms with Gasteiger partial charge in [0, 0.05) is 11.4 Å². The highest BCUT2D eigenvalue weighted by atomic mass is 16.2. The molecule has 1 rings (SSSR count). The zero-order valence-corrected chi connectivity index (χ0v) is 11.8. The van der Waals surface area contributed by atoms with E-state index in [2.05, 4.69) is 22.8 Å². The standard InChI is InChI=1S/C15H23N3O/c1-3-4-5-7-10-13(2)17-18-15(19)16-14-11-8-6-9-12-14/h6,8-9,11-12H,3-5,7,10H2,1-2H3,(H2,16,18,19). The van der Waals surface area contributed by atoms with Crippen LogP contribution in [0, 0.1) is 0 Å². The van der Waals surface area contributed by atoms with E-state index < -0.39 is 0 Å². The van der Waals surface area contributed by atoms with Crippen molar-refractivity contribution in [3.63, 3.8) is 0 Å². The quantitative estimate of drug-likeness (QED) is 0.432. The molecule has 0 unspecified atom stereocenters. The summed E-state index contributed by atoms with van der Waals surface area (Å²) < 4.78 is 0. The summed E-state index contributed by atoms with van der Waals surface area (Å²) in [6.07, 6.45) is 5.78. The van der Waals surface area contributed by atoms with Gasteiger partial charge in [-0.15, -0.1) is 0 Å². The van der Waals surface area contributed by atoms with Gasteiger partial charge in [0.2, 0.25) is 0 Å². The van der Waals surface area contributed by atoms with E-state index in [1.165, 1.54) is 19.3 Å². The zero-order valence-electron chi connectivity index (χ0n) is 11.8. The average Bonchev–Trinajstić information content (AvgIpc) is 2.42. The van der Waals surface area contributed by atoms with Crippen molar-refractivity contribution in [2.45, 2.75) is 46.0 Å². The normalized spacial score (nSPS) is 11.2. The van der Waals surface area contributed by atoms with Crippen molar-refractivity contribution in [1.29, 1.82) is 0 Å². The first-order chi connectivity index (χ1) is 9.22. The number of unbranched alkanes of at least 4 members (excludes halogenated alkanes) is 3. The van der Waals surface area contributed by atoms with Crippen LogP contribution >= 0.6 is 0 Å². The van der Waals surface area contributed by atoms with Crippen molar-refractivity contribution in [2.75, 3.05) is 5.32 Å². The van der Waals surface area contributed by atoms with Gasteiger partial charge in [-0.1, -0.05) is 44.4 Å². The maximum Gasteiger partial charge on any atom is 0.339 e. The summed E-state index contributed by atoms with van der Waals surface area (Å²) in [5.74, 6) is 0. The molecule has 0 fully saturated rings. The Bertz CT molecular complexity index is 401. The lowest BCUT2D eigenvalue weighted by molar-refractivity contribution is 0.252. The van der Waals surface area contributed by atoms with Crippen LogP contribution in [0.2, 0.25) is 0 Å². The van der Waals surface area contributed by atoms with Crippen LogP contribution in [0.3, 0.4) is 0 Å². The molecule has 0 aliphatic heterocycles. The van der Waals surface area contributed by atoms with Gasteiger partial charge in [0.25, 0.3) is 0 Å². The number of nitrogens with one attached hydrogen (secondary N) is 2. The van der Waals surface area contributed by atoms with Crippen LogP contribution in [0.4, 0.5) is 10.5 Å². The molecule has 104 valence electrons. The van der Waals surface area contributed by atoms with Crippen LogP contribution in [0.25, 0.3) is 0 Å². The molecule has 1 aromatic rings. The molecule has 2 amide bonds. The fraction of sp³-hybridized carbons (Fsp3) is 0.467. The molecule has 2 N–H and O–H groups in total. The molecule has 0 saturated carbocycles. The number of para-hydroxylation sites is 1. The Morgan fingerprint density at radius 1 is 1.16 bits per heavy atom. The van der Waals surface area contributed by atoms with E-state index in [-0.39, 0.29) is 6.03 Å². The van der Waals surface area contributed by atoms with Crippen molar-refractivity contribution in [1.82, 2.24) is 5.43 Å². The van der Waals surface area contributed by atoms with Crippen molar-refractivity contribution >= 4 is 17.4 Å². The fourth-order valence-electron chi connectivity index (χ4n) is 1.69. The van der Waals surface area contributed by atoms with E-state index in [9.17, 15) is 4.79 Å². The van der Waals surface area contributed by atoms with Crippen LogP contribution in [0.5, 0.6) is 0 Å². The summed E-state index contributed by atoms with van der Waals surface area (Å²) in [4.78, 5) is 11.6. The fourth-order valence-corrected chi connectivity index (χ4v) is 1.69. The predicted octanol–water partition coefficient (Wildman–Crippen LogP) is 4.15. The van der Waals surface area contributed by atoms with Gasteiger partial charge in [0.15, 0.2) is 0 Å². The summed E-state index contributed by atoms with van der Waals surface area (Å²) in [5.41, 5.74) is 4.23. The van der Waals surface area contributed by atoms with Gasteiger partial charge >= 0.3 is 6.03 Å². The van der Waals surface area contributed by atoms with Crippen molar-refractivity contribution < 1.29 is 4.79 Å². The number of carbonyl (C=O) groups is 1. The summed E-state index contributed by atoms with van der Waals surface area (Å²) in [5, 5.41) is 6.79. The second-order valence-corrected chi connectivity index (χ2v) is 4.59. The van der Waals surface area contributed by atoms with Crippen molar-refractivity contribution in [3.05, 3.63) is 30.3 Å². The molecule has 19 heavy (non-hydrogen) atoms. The summed E-state index contributed by atoms with van der Waals surface area (Å²) >= 11 is 0. The highest BCUT2D eigenvalue weighted by Crippen LogP contribution is 2.05. The van der Waals surface area contributed by atoms with Crippen LogP contribution < -0.4 is 10.7 Å². The Hall–Kier alpha value is -1.84. The Morgan fingerprint density at radius 3 is 2.58 bits per heavy atom. The van der Waals surface area contributed by atoms with E-state index in [0.29, 0.717) is 0 Å². The molecule has 0 bridgehead atoms. The maximum atomic E-state index is 11.6. The molecule has 0 atom stereocenters. The van der Waals surface area contributed by atoms with Crippen LogP contribution in [0.1, 0.15) is 46.0 Å². The van der Waals surface area contributed by atoms with Crippen molar-refractivity contribution in [2.24, 2.45) is 5.10 Å². The van der Waals surface area contributed by atoms with E-state index in [4.69, 9.17) is 0 Å². The number of amides is 2. The van der Waals surface area contributed by atoms with E-state index in [0.717, 1.165) is 24.2 Å². The largest absolute Gasteiger partial charge is 0.339 e. The highest BCUT2D eigenvalue weighted by molar-refractivity contribution is 5.90. The molecule has 0 saturated heterocycles. The molecular formula is C15H23N3O. The number of urea groups is 1. The average molecular weight is 261 g/mol. The monoisotopic (exact) mass is 261 g/mol. The number of nitrogens with zero attached hydrogens (tertiary/aromatic N) is 1. The number of rotatable bonds is 7. The maximum absolute atomic E-state index is 11.6. The highest BCUT2D eigenvalue weighted by Gasteiger charge is 1.99. The van der Waals surface area contributed by atoms with Gasteiger partial charge in [0.1, 0.15) is 0 Å². The van der Waals surface area contributed by atoms with E-state index in [1.807, 2.05) is 37.3 Å². The molecule has 0 radical (unpaired) electrons. The van der Waals surface area contributed by atoms with Crippen LogP contribution in [0.15, 0.2) is 35.4 Å². The Morgan fingerprint density at radius 2 is 1.89 bits per heavy atom. The van der Waals surface area contributed by atoms with Crippen LogP contribution in [-0.2, 0) is 0 Å². The lowest BCUT2D eigenvalue weighted by atomic mass is 10.1. The number of carbonyl (C=O) groups excluding carboxylic acids is 1. The predicted molar refractivity (Wildman–Crippen MR) is 80.5 cm³/mol. The minimum absolute atomic E-state index is 0.306. The molecule has 0 aromatic heterocycles. The van der Waals surface area contributed by atoms with Crippen LogP contribution in [-0.4, -0.2) is 11.7 Å². The molecular weight excluding hydrogens is 238 g/mol. The minimum Gasteiger partial charge on any atom is -0.307 e. The van der Waals surface area contributed by atoms with Gasteiger partial charge in [-0.05, 0) is 31.9 Å². The number of anilines is 1. The third-order valence-corrected chi connectivity index (χ3v) is 2.77. The van der Waals surface area contributed by atoms with E-state index >= 15 is 0 Å². The Balaban J connectivity index is 2.24. The lowest BCUT2D eigenvalue weighted by Gasteiger charge is -2.05. The lowest BCUT2D eigenvalue weighted by Crippen LogP contribution is -2.25. The Labute approximate surface area is 115 Å². The number of hydrogen-bond donors (Lipinski definition) is 2. The minimum atomic E-state index is -0.306. The van der Waals surface area contributed by atoms with Crippen molar-refractivity contribution in [3.8, 4) is 0 Å². The molecule has 0 aliphatic carbocycles. The first-order valence-corrected chi connectivity index (χ1v) is 6.87. The van der Waals surface area contributed by atoms with Gasteiger partial charge in [-0.3, -0.25) is 0 Å². The van der Waals surface area contributed by atoms with Gasteiger partial charge in [-0.25, -0.2) is 10.2 Å². The van der Waals surface area contributed by atoms with Gasteiger partial charge in [-0.2, -0.15) is 5.10 Å². The molecule has 1 aromatic carbocycles. The summed E-state index contributed by atoms with van der Waals surface area (Å²) in [6, 6.07) is 9.01. The second-order valence-electron chi connectivity index (χ2n) is 4.59. The smallest absolute Gasteiger partial charge is 0.307 e. The number of hydrogen-bond acceptors (Lipinski definition) is 2. The molecule has 0 aliphatic rings. The number of hydrazone groups is 1. The number of benzene rings is 1. The summed E-state index contributed by atoms with van der Waals surface area (Å²) in [7, 11) is 0. The van der Waals surface area contributed by atoms with Gasteiger partial charge < -0.3 is 5.32 Å². The van der Waals surface area contributed by atoms with Gasteiger partial charge in [0.05, 0.1) is 0 Å². The molecule has 4 nitrogen and oxygen atoms in total. The third-order valence-electron chi connectivity index (χ3n) is 2.77. The Kier molecular flexibility index (Phi) is 7.32. The SMILES string of the molecule is CCCCCCC(C)=NNC(=O)Nc1ccccc1. The second kappa shape index (κ2) is 9.14. The molecule has 0 heterocycles.